The summed E-state index contributed by atoms with van der Waals surface area (Å²) in [5, 5.41) is 3.15. The lowest BCUT2D eigenvalue weighted by atomic mass is 10.2. The number of ether oxygens (including phenoxy) is 2. The van der Waals surface area contributed by atoms with Crippen molar-refractivity contribution in [1.29, 1.82) is 0 Å². The van der Waals surface area contributed by atoms with Crippen molar-refractivity contribution in [2.45, 2.75) is 6.54 Å². The van der Waals surface area contributed by atoms with Gasteiger partial charge in [0.1, 0.15) is 0 Å². The fraction of sp³-hybridized carbons (Fsp3) is 0.300. The lowest BCUT2D eigenvalue weighted by molar-refractivity contribution is 0.354. The molecule has 0 amide bonds. The first-order chi connectivity index (χ1) is 7.17. The summed E-state index contributed by atoms with van der Waals surface area (Å²) in [5.41, 5.74) is 6.36. The number of benzene rings is 1. The van der Waals surface area contributed by atoms with Gasteiger partial charge >= 0.3 is 0 Å². The molecule has 3 N–H and O–H groups in total. The van der Waals surface area contributed by atoms with Crippen LogP contribution in [0.1, 0.15) is 5.56 Å². The molecule has 0 atom stereocenters. The normalized spacial score (nSPS) is 9.47. The molecule has 0 aliphatic carbocycles. The van der Waals surface area contributed by atoms with Gasteiger partial charge < -0.3 is 20.5 Å². The van der Waals surface area contributed by atoms with Crippen molar-refractivity contribution < 1.29 is 9.47 Å². The van der Waals surface area contributed by atoms with Crippen LogP contribution in [0.5, 0.6) is 11.5 Å². The first-order valence-corrected chi connectivity index (χ1v) is 4.82. The third-order valence-electron chi connectivity index (χ3n) is 1.91. The third kappa shape index (κ3) is 3.28. The first-order valence-electron chi connectivity index (χ1n) is 4.41. The van der Waals surface area contributed by atoms with Gasteiger partial charge in [0.25, 0.3) is 0 Å². The van der Waals surface area contributed by atoms with Crippen molar-refractivity contribution in [2.24, 2.45) is 5.73 Å². The summed E-state index contributed by atoms with van der Waals surface area (Å²) in [6.45, 7) is 0.579. The van der Waals surface area contributed by atoms with E-state index in [4.69, 9.17) is 27.4 Å². The van der Waals surface area contributed by atoms with Crippen molar-refractivity contribution >= 4 is 17.3 Å². The average molecular weight is 226 g/mol. The van der Waals surface area contributed by atoms with E-state index in [1.165, 1.54) is 0 Å². The van der Waals surface area contributed by atoms with E-state index in [-0.39, 0.29) is 5.11 Å². The Morgan fingerprint density at radius 3 is 2.53 bits per heavy atom. The molecule has 0 fully saturated rings. The Bertz CT molecular complexity index is 355. The van der Waals surface area contributed by atoms with E-state index in [2.05, 4.69) is 5.32 Å². The third-order valence-corrected chi connectivity index (χ3v) is 2.06. The molecule has 0 aliphatic rings. The molecule has 4 nitrogen and oxygen atoms in total. The van der Waals surface area contributed by atoms with E-state index < -0.39 is 0 Å². The highest BCUT2D eigenvalue weighted by atomic mass is 32.1. The van der Waals surface area contributed by atoms with E-state index in [0.29, 0.717) is 18.0 Å². The van der Waals surface area contributed by atoms with Gasteiger partial charge in [0.15, 0.2) is 16.6 Å². The predicted molar refractivity (Wildman–Crippen MR) is 63.2 cm³/mol. The molecular weight excluding hydrogens is 212 g/mol. The van der Waals surface area contributed by atoms with Crippen LogP contribution in [-0.2, 0) is 6.54 Å². The molecule has 82 valence electrons. The fourth-order valence-corrected chi connectivity index (χ4v) is 1.25. The van der Waals surface area contributed by atoms with Gasteiger partial charge in [-0.2, -0.15) is 0 Å². The number of nitrogens with one attached hydrogen (secondary N) is 1. The minimum absolute atomic E-state index is 0.282. The molecule has 0 heterocycles. The monoisotopic (exact) mass is 226 g/mol. The number of nitrogens with two attached hydrogens (primary N) is 1. The number of thiocarbonyl (C=S) groups is 1. The van der Waals surface area contributed by atoms with Gasteiger partial charge in [-0.25, -0.2) is 0 Å². The van der Waals surface area contributed by atoms with Gasteiger partial charge in [0.2, 0.25) is 0 Å². The molecule has 0 unspecified atom stereocenters. The first kappa shape index (κ1) is 11.6. The summed E-state index contributed by atoms with van der Waals surface area (Å²) in [6, 6.07) is 5.64. The molecule has 0 radical (unpaired) electrons. The molecule has 0 spiro atoms. The molecule has 1 rings (SSSR count). The van der Waals surface area contributed by atoms with Crippen LogP contribution in [0.25, 0.3) is 0 Å². The molecule has 1 aromatic rings. The summed E-state index contributed by atoms with van der Waals surface area (Å²) in [5.74, 6) is 1.40. The number of rotatable bonds is 4. The van der Waals surface area contributed by atoms with Crippen LogP contribution in [0.15, 0.2) is 18.2 Å². The Hall–Kier alpha value is -1.49. The van der Waals surface area contributed by atoms with Crippen molar-refractivity contribution in [3.8, 4) is 11.5 Å². The summed E-state index contributed by atoms with van der Waals surface area (Å²) in [6.07, 6.45) is 0. The van der Waals surface area contributed by atoms with Crippen LogP contribution in [0.4, 0.5) is 0 Å². The van der Waals surface area contributed by atoms with Gasteiger partial charge in [-0.05, 0) is 29.9 Å². The minimum atomic E-state index is 0.282. The lowest BCUT2D eigenvalue weighted by Crippen LogP contribution is -2.28. The predicted octanol–water partition coefficient (Wildman–Crippen LogP) is 1.04. The molecule has 0 bridgehead atoms. The van der Waals surface area contributed by atoms with E-state index in [0.717, 1.165) is 5.56 Å². The minimum Gasteiger partial charge on any atom is -0.493 e. The SMILES string of the molecule is COc1ccc(CNC(N)=S)cc1OC. The average Bonchev–Trinajstić information content (AvgIpc) is 2.25. The van der Waals surface area contributed by atoms with Crippen LogP contribution >= 0.6 is 12.2 Å². The number of hydrogen-bond donors (Lipinski definition) is 2. The maximum absolute atomic E-state index is 5.33. The molecule has 5 heteroatoms. The maximum Gasteiger partial charge on any atom is 0.163 e. The second-order valence-electron chi connectivity index (χ2n) is 2.91. The lowest BCUT2D eigenvalue weighted by Gasteiger charge is -2.10. The highest BCUT2D eigenvalue weighted by molar-refractivity contribution is 7.80. The molecule has 0 saturated heterocycles. The highest BCUT2D eigenvalue weighted by Gasteiger charge is 2.03. The molecule has 0 saturated carbocycles. The summed E-state index contributed by atoms with van der Waals surface area (Å²) in [7, 11) is 3.20. The van der Waals surface area contributed by atoms with E-state index >= 15 is 0 Å². The molecular formula is C10H14N2O2S. The summed E-state index contributed by atoms with van der Waals surface area (Å²) < 4.78 is 10.3. The van der Waals surface area contributed by atoms with Crippen LogP contribution in [0, 0.1) is 0 Å². The van der Waals surface area contributed by atoms with Crippen molar-refractivity contribution in [3.05, 3.63) is 23.8 Å². The van der Waals surface area contributed by atoms with Crippen LogP contribution < -0.4 is 20.5 Å². The Labute approximate surface area is 94.4 Å². The van der Waals surface area contributed by atoms with Crippen LogP contribution in [0.2, 0.25) is 0 Å². The summed E-state index contributed by atoms with van der Waals surface area (Å²) >= 11 is 4.72. The standard InChI is InChI=1S/C10H14N2O2S/c1-13-8-4-3-7(5-9(8)14-2)6-12-10(11)15/h3-5H,6H2,1-2H3,(H3,11,12,15). The van der Waals surface area contributed by atoms with Crippen molar-refractivity contribution in [1.82, 2.24) is 5.32 Å². The van der Waals surface area contributed by atoms with E-state index in [1.807, 2.05) is 18.2 Å². The van der Waals surface area contributed by atoms with Crippen molar-refractivity contribution in [3.63, 3.8) is 0 Å². The zero-order valence-electron chi connectivity index (χ0n) is 8.74. The Kier molecular flexibility index (Phi) is 4.17. The van der Waals surface area contributed by atoms with Gasteiger partial charge in [0, 0.05) is 6.54 Å². The van der Waals surface area contributed by atoms with Gasteiger partial charge in [0.05, 0.1) is 14.2 Å². The molecule has 15 heavy (non-hydrogen) atoms. The Balaban J connectivity index is 2.78. The number of hydrogen-bond acceptors (Lipinski definition) is 3. The van der Waals surface area contributed by atoms with Crippen molar-refractivity contribution in [2.75, 3.05) is 14.2 Å². The van der Waals surface area contributed by atoms with Gasteiger partial charge in [-0.15, -0.1) is 0 Å². The topological polar surface area (TPSA) is 56.5 Å². The maximum atomic E-state index is 5.33. The molecule has 0 aliphatic heterocycles. The molecule has 0 aromatic heterocycles. The van der Waals surface area contributed by atoms with Crippen LogP contribution in [0.3, 0.4) is 0 Å². The second kappa shape index (κ2) is 5.41. The number of methoxy groups -OCH3 is 2. The quantitative estimate of drug-likeness (QED) is 0.751. The summed E-state index contributed by atoms with van der Waals surface area (Å²) in [4.78, 5) is 0. The zero-order valence-corrected chi connectivity index (χ0v) is 9.56. The van der Waals surface area contributed by atoms with Gasteiger partial charge in [-0.3, -0.25) is 0 Å². The van der Waals surface area contributed by atoms with Crippen LogP contribution in [-0.4, -0.2) is 19.3 Å². The molecule has 1 aromatic carbocycles. The Morgan fingerprint density at radius 2 is 2.00 bits per heavy atom. The van der Waals surface area contributed by atoms with E-state index in [9.17, 15) is 0 Å². The zero-order chi connectivity index (χ0) is 11.3. The van der Waals surface area contributed by atoms with Gasteiger partial charge in [-0.1, -0.05) is 6.07 Å². The Morgan fingerprint density at radius 1 is 1.33 bits per heavy atom. The largest absolute Gasteiger partial charge is 0.493 e. The fourth-order valence-electron chi connectivity index (χ4n) is 1.18. The van der Waals surface area contributed by atoms with E-state index in [1.54, 1.807) is 14.2 Å². The highest BCUT2D eigenvalue weighted by Crippen LogP contribution is 2.27. The second-order valence-corrected chi connectivity index (χ2v) is 3.35. The smallest absolute Gasteiger partial charge is 0.163 e.